The van der Waals surface area contributed by atoms with Crippen LogP contribution in [-0.2, 0) is 6.42 Å². The number of carbonyl (C=O) groups excluding carboxylic acids is 1. The quantitative estimate of drug-likeness (QED) is 0.482. The van der Waals surface area contributed by atoms with Crippen LogP contribution in [0, 0.1) is 10.1 Å². The van der Waals surface area contributed by atoms with Crippen molar-refractivity contribution in [2.45, 2.75) is 12.8 Å². The first kappa shape index (κ1) is 17.5. The molecule has 24 heavy (non-hydrogen) atoms. The van der Waals surface area contributed by atoms with Gasteiger partial charge in [-0.15, -0.1) is 0 Å². The van der Waals surface area contributed by atoms with E-state index in [1.54, 1.807) is 12.1 Å². The average molecular weight is 327 g/mol. The molecule has 6 heteroatoms. The van der Waals surface area contributed by atoms with Crippen molar-refractivity contribution in [3.05, 3.63) is 69.8 Å². The Hall–Kier alpha value is -2.89. The topological polar surface area (TPSA) is 75.5 Å². The van der Waals surface area contributed by atoms with E-state index in [1.807, 2.05) is 19.0 Å². The largest absolute Gasteiger partial charge is 0.378 e. The second kappa shape index (κ2) is 8.10. The Kier molecular flexibility index (Phi) is 5.89. The van der Waals surface area contributed by atoms with Gasteiger partial charge >= 0.3 is 0 Å². The summed E-state index contributed by atoms with van der Waals surface area (Å²) in [5.74, 6) is -0.412. The van der Waals surface area contributed by atoms with Crippen LogP contribution in [0.5, 0.6) is 0 Å². The first-order valence-electron chi connectivity index (χ1n) is 7.77. The lowest BCUT2D eigenvalue weighted by Gasteiger charge is -2.12. The maximum absolute atomic E-state index is 12.1. The molecule has 0 aliphatic rings. The molecule has 1 N–H and O–H groups in total. The summed E-state index contributed by atoms with van der Waals surface area (Å²) in [6.45, 7) is 0.473. The summed E-state index contributed by atoms with van der Waals surface area (Å²) >= 11 is 0. The zero-order chi connectivity index (χ0) is 17.5. The summed E-state index contributed by atoms with van der Waals surface area (Å²) in [5, 5.41) is 13.7. The van der Waals surface area contributed by atoms with Gasteiger partial charge in [-0.2, -0.15) is 0 Å². The van der Waals surface area contributed by atoms with Crippen molar-refractivity contribution in [3.8, 4) is 0 Å². The lowest BCUT2D eigenvalue weighted by atomic mass is 10.1. The Morgan fingerprint density at radius 3 is 2.42 bits per heavy atom. The highest BCUT2D eigenvalue weighted by molar-refractivity contribution is 5.98. The standard InChI is InChI=1S/C18H21N3O3/c1-20(2)15-11-9-14(10-12-15)6-5-13-19-18(22)16-7-3-4-8-17(16)21(23)24/h3-4,7-12H,5-6,13H2,1-2H3,(H,19,22). The maximum atomic E-state index is 12.1. The van der Waals surface area contributed by atoms with Crippen LogP contribution in [0.3, 0.4) is 0 Å². The molecule has 0 bridgehead atoms. The highest BCUT2D eigenvalue weighted by Crippen LogP contribution is 2.17. The van der Waals surface area contributed by atoms with Gasteiger partial charge in [0, 0.05) is 32.4 Å². The molecule has 0 radical (unpaired) electrons. The summed E-state index contributed by atoms with van der Waals surface area (Å²) < 4.78 is 0. The van der Waals surface area contributed by atoms with Gasteiger partial charge in [0.2, 0.25) is 0 Å². The average Bonchev–Trinajstić information content (AvgIpc) is 2.58. The number of hydrogen-bond donors (Lipinski definition) is 1. The number of carbonyl (C=O) groups is 1. The van der Waals surface area contributed by atoms with Gasteiger partial charge in [0.25, 0.3) is 11.6 Å². The third-order valence-corrected chi connectivity index (χ3v) is 3.73. The van der Waals surface area contributed by atoms with Crippen LogP contribution in [0.1, 0.15) is 22.3 Å². The van der Waals surface area contributed by atoms with Gasteiger partial charge in [-0.25, -0.2) is 0 Å². The second-order valence-corrected chi connectivity index (χ2v) is 5.69. The molecule has 0 spiro atoms. The summed E-state index contributed by atoms with van der Waals surface area (Å²) in [6.07, 6.45) is 1.61. The van der Waals surface area contributed by atoms with E-state index >= 15 is 0 Å². The molecule has 2 rings (SSSR count). The van der Waals surface area contributed by atoms with Crippen molar-refractivity contribution in [1.82, 2.24) is 5.32 Å². The van der Waals surface area contributed by atoms with E-state index in [-0.39, 0.29) is 11.3 Å². The Labute approximate surface area is 141 Å². The zero-order valence-corrected chi connectivity index (χ0v) is 13.9. The summed E-state index contributed by atoms with van der Waals surface area (Å²) in [7, 11) is 3.99. The number of nitrogens with one attached hydrogen (secondary N) is 1. The molecule has 1 amide bonds. The molecule has 0 fully saturated rings. The SMILES string of the molecule is CN(C)c1ccc(CCCNC(=O)c2ccccc2[N+](=O)[O-])cc1. The minimum absolute atomic E-state index is 0.0952. The maximum Gasteiger partial charge on any atom is 0.282 e. The molecule has 0 saturated heterocycles. The summed E-state index contributed by atoms with van der Waals surface area (Å²) in [4.78, 5) is 24.5. The highest BCUT2D eigenvalue weighted by atomic mass is 16.6. The smallest absolute Gasteiger partial charge is 0.282 e. The molecule has 0 aliphatic heterocycles. The molecule has 0 aromatic heterocycles. The first-order chi connectivity index (χ1) is 11.5. The number of nitro groups is 1. The van der Waals surface area contributed by atoms with Crippen LogP contribution >= 0.6 is 0 Å². The molecule has 0 saturated carbocycles. The van der Waals surface area contributed by atoms with Crippen LogP contribution in [0.2, 0.25) is 0 Å². The minimum atomic E-state index is -0.540. The molecule has 2 aromatic rings. The fraction of sp³-hybridized carbons (Fsp3) is 0.278. The molecular formula is C18H21N3O3. The number of hydrogen-bond acceptors (Lipinski definition) is 4. The molecular weight excluding hydrogens is 306 g/mol. The predicted octanol–water partition coefficient (Wildman–Crippen LogP) is 3.02. The van der Waals surface area contributed by atoms with E-state index in [0.717, 1.165) is 18.5 Å². The Balaban J connectivity index is 1.84. The molecule has 0 heterocycles. The Morgan fingerprint density at radius 1 is 1.12 bits per heavy atom. The van der Waals surface area contributed by atoms with Crippen molar-refractivity contribution >= 4 is 17.3 Å². The van der Waals surface area contributed by atoms with Gasteiger partial charge in [-0.1, -0.05) is 24.3 Å². The van der Waals surface area contributed by atoms with E-state index in [1.165, 1.54) is 17.7 Å². The molecule has 6 nitrogen and oxygen atoms in total. The van der Waals surface area contributed by atoms with Crippen molar-refractivity contribution in [2.24, 2.45) is 0 Å². The van der Waals surface area contributed by atoms with E-state index in [0.29, 0.717) is 6.54 Å². The summed E-state index contributed by atoms with van der Waals surface area (Å²) in [5.41, 5.74) is 2.26. The van der Waals surface area contributed by atoms with E-state index in [2.05, 4.69) is 29.6 Å². The molecule has 126 valence electrons. The number of aryl methyl sites for hydroxylation is 1. The van der Waals surface area contributed by atoms with Gasteiger partial charge in [0.1, 0.15) is 5.56 Å². The Morgan fingerprint density at radius 2 is 1.79 bits per heavy atom. The minimum Gasteiger partial charge on any atom is -0.378 e. The van der Waals surface area contributed by atoms with Gasteiger partial charge in [-0.3, -0.25) is 14.9 Å². The lowest BCUT2D eigenvalue weighted by molar-refractivity contribution is -0.385. The zero-order valence-electron chi connectivity index (χ0n) is 13.9. The van der Waals surface area contributed by atoms with E-state index in [9.17, 15) is 14.9 Å². The van der Waals surface area contributed by atoms with Crippen LogP contribution in [0.15, 0.2) is 48.5 Å². The number of nitrogens with zero attached hydrogens (tertiary/aromatic N) is 2. The molecule has 0 atom stereocenters. The van der Waals surface area contributed by atoms with Gasteiger partial charge in [0.05, 0.1) is 4.92 Å². The van der Waals surface area contributed by atoms with Gasteiger partial charge in [0.15, 0.2) is 0 Å². The highest BCUT2D eigenvalue weighted by Gasteiger charge is 2.18. The summed E-state index contributed by atoms with van der Waals surface area (Å²) in [6, 6.07) is 14.2. The number of anilines is 1. The van der Waals surface area contributed by atoms with Crippen molar-refractivity contribution in [1.29, 1.82) is 0 Å². The van der Waals surface area contributed by atoms with Crippen molar-refractivity contribution < 1.29 is 9.72 Å². The second-order valence-electron chi connectivity index (χ2n) is 5.69. The van der Waals surface area contributed by atoms with Gasteiger partial charge in [-0.05, 0) is 36.6 Å². The number of nitro benzene ring substituents is 1. The number of rotatable bonds is 7. The number of amides is 1. The fourth-order valence-electron chi connectivity index (χ4n) is 2.38. The first-order valence-corrected chi connectivity index (χ1v) is 7.77. The van der Waals surface area contributed by atoms with Crippen molar-refractivity contribution in [2.75, 3.05) is 25.5 Å². The van der Waals surface area contributed by atoms with Crippen LogP contribution < -0.4 is 10.2 Å². The molecule has 0 unspecified atom stereocenters. The van der Waals surface area contributed by atoms with Crippen LogP contribution in [0.25, 0.3) is 0 Å². The Bertz CT molecular complexity index is 712. The molecule has 0 aliphatic carbocycles. The lowest BCUT2D eigenvalue weighted by Crippen LogP contribution is -2.25. The fourth-order valence-corrected chi connectivity index (χ4v) is 2.38. The number of para-hydroxylation sites is 1. The molecule has 2 aromatic carbocycles. The van der Waals surface area contributed by atoms with Crippen molar-refractivity contribution in [3.63, 3.8) is 0 Å². The monoisotopic (exact) mass is 327 g/mol. The van der Waals surface area contributed by atoms with Gasteiger partial charge < -0.3 is 10.2 Å². The third kappa shape index (κ3) is 4.55. The van der Waals surface area contributed by atoms with E-state index < -0.39 is 10.8 Å². The van der Waals surface area contributed by atoms with E-state index in [4.69, 9.17) is 0 Å². The predicted molar refractivity (Wildman–Crippen MR) is 94.5 cm³/mol. The number of benzene rings is 2. The van der Waals surface area contributed by atoms with Crippen LogP contribution in [-0.4, -0.2) is 31.5 Å². The normalized spacial score (nSPS) is 10.2. The third-order valence-electron chi connectivity index (χ3n) is 3.73. The van der Waals surface area contributed by atoms with Crippen LogP contribution in [0.4, 0.5) is 11.4 Å².